The van der Waals surface area contributed by atoms with Crippen molar-refractivity contribution in [1.29, 1.82) is 0 Å². The number of nitrogens with zero attached hydrogens (tertiary/aromatic N) is 5. The molecule has 1 atom stereocenters. The molecular weight excluding hydrogens is 343 g/mol. The zero-order chi connectivity index (χ0) is 17.3. The molecule has 0 aliphatic rings. The van der Waals surface area contributed by atoms with Crippen LogP contribution in [0.3, 0.4) is 0 Å². The van der Waals surface area contributed by atoms with Crippen molar-refractivity contribution in [3.8, 4) is 11.5 Å². The van der Waals surface area contributed by atoms with Crippen molar-refractivity contribution in [2.45, 2.75) is 23.5 Å². The minimum absolute atomic E-state index is 0.120. The highest BCUT2D eigenvalue weighted by Crippen LogP contribution is 2.36. The Labute approximate surface area is 139 Å². The number of rotatable bonds is 4. The monoisotopic (exact) mass is 355 g/mol. The predicted molar refractivity (Wildman–Crippen MR) is 80.0 cm³/mol. The summed E-state index contributed by atoms with van der Waals surface area (Å²) >= 11 is 1.06. The molecule has 0 N–H and O–H groups in total. The summed E-state index contributed by atoms with van der Waals surface area (Å²) in [6.07, 6.45) is -4.55. The molecule has 0 aliphatic carbocycles. The van der Waals surface area contributed by atoms with E-state index in [4.69, 9.17) is 4.42 Å². The highest BCUT2D eigenvalue weighted by atomic mass is 32.2. The standard InChI is InChI=1S/C14H12F3N5OS/c1-8(24-13-21-20-12(22(13)2)14(15,16)17)10-18-19-11(23-10)9-6-4-3-5-7-9/h3-8H,1-2H3/t8-/m1/s1. The number of aromatic nitrogens is 5. The van der Waals surface area contributed by atoms with Crippen LogP contribution in [-0.4, -0.2) is 25.0 Å². The van der Waals surface area contributed by atoms with E-state index in [1.54, 1.807) is 6.92 Å². The summed E-state index contributed by atoms with van der Waals surface area (Å²) in [6.45, 7) is 1.74. The summed E-state index contributed by atoms with van der Waals surface area (Å²) in [5.74, 6) is -0.393. The number of hydrogen-bond donors (Lipinski definition) is 0. The number of halogens is 3. The molecule has 126 valence electrons. The molecule has 0 saturated heterocycles. The van der Waals surface area contributed by atoms with Crippen molar-refractivity contribution in [3.63, 3.8) is 0 Å². The second-order valence-corrected chi connectivity index (χ2v) is 6.24. The maximum absolute atomic E-state index is 12.7. The third-order valence-electron chi connectivity index (χ3n) is 3.18. The van der Waals surface area contributed by atoms with E-state index in [0.717, 1.165) is 21.9 Å². The van der Waals surface area contributed by atoms with E-state index in [-0.39, 0.29) is 10.4 Å². The predicted octanol–water partition coefficient (Wildman–Crippen LogP) is 3.74. The number of benzene rings is 1. The Morgan fingerprint density at radius 3 is 2.42 bits per heavy atom. The molecule has 1 aromatic carbocycles. The first-order valence-electron chi connectivity index (χ1n) is 6.88. The first-order valence-corrected chi connectivity index (χ1v) is 7.76. The van der Waals surface area contributed by atoms with Crippen molar-refractivity contribution in [1.82, 2.24) is 25.0 Å². The lowest BCUT2D eigenvalue weighted by atomic mass is 10.2. The van der Waals surface area contributed by atoms with Gasteiger partial charge in [-0.25, -0.2) is 0 Å². The van der Waals surface area contributed by atoms with Crippen LogP contribution in [0.25, 0.3) is 11.5 Å². The molecule has 3 rings (SSSR count). The fourth-order valence-corrected chi connectivity index (χ4v) is 2.81. The molecule has 0 radical (unpaired) electrons. The Hall–Kier alpha value is -2.36. The van der Waals surface area contributed by atoms with Crippen molar-refractivity contribution < 1.29 is 17.6 Å². The van der Waals surface area contributed by atoms with Gasteiger partial charge in [0.05, 0.1) is 5.25 Å². The first kappa shape index (κ1) is 16.5. The first-order chi connectivity index (χ1) is 11.4. The normalized spacial score (nSPS) is 13.2. The molecule has 3 aromatic rings. The smallest absolute Gasteiger partial charge is 0.419 e. The lowest BCUT2D eigenvalue weighted by Gasteiger charge is -2.08. The van der Waals surface area contributed by atoms with Gasteiger partial charge in [0.15, 0.2) is 5.16 Å². The lowest BCUT2D eigenvalue weighted by molar-refractivity contribution is -0.147. The van der Waals surface area contributed by atoms with Gasteiger partial charge in [0.25, 0.3) is 0 Å². The van der Waals surface area contributed by atoms with E-state index in [9.17, 15) is 13.2 Å². The number of thioether (sulfide) groups is 1. The highest BCUT2D eigenvalue weighted by Gasteiger charge is 2.37. The largest absolute Gasteiger partial charge is 0.451 e. The zero-order valence-corrected chi connectivity index (χ0v) is 13.5. The third-order valence-corrected chi connectivity index (χ3v) is 4.30. The van der Waals surface area contributed by atoms with Gasteiger partial charge < -0.3 is 8.98 Å². The van der Waals surface area contributed by atoms with Gasteiger partial charge in [-0.05, 0) is 19.1 Å². The maximum Gasteiger partial charge on any atom is 0.451 e. The van der Waals surface area contributed by atoms with E-state index >= 15 is 0 Å². The van der Waals surface area contributed by atoms with E-state index in [1.165, 1.54) is 7.05 Å². The van der Waals surface area contributed by atoms with Crippen LogP contribution >= 0.6 is 11.8 Å². The lowest BCUT2D eigenvalue weighted by Crippen LogP contribution is -2.13. The van der Waals surface area contributed by atoms with Crippen LogP contribution < -0.4 is 0 Å². The number of hydrogen-bond acceptors (Lipinski definition) is 6. The molecule has 0 unspecified atom stereocenters. The molecule has 0 aliphatic heterocycles. The summed E-state index contributed by atoms with van der Waals surface area (Å²) in [5, 5.41) is 14.4. The molecule has 0 bridgehead atoms. The van der Waals surface area contributed by atoms with Crippen LogP contribution in [0, 0.1) is 0 Å². The molecule has 6 nitrogen and oxygen atoms in total. The van der Waals surface area contributed by atoms with Crippen LogP contribution in [0.5, 0.6) is 0 Å². The Bertz CT molecular complexity index is 831. The highest BCUT2D eigenvalue weighted by molar-refractivity contribution is 7.99. The molecule has 24 heavy (non-hydrogen) atoms. The summed E-state index contributed by atoms with van der Waals surface area (Å²) in [7, 11) is 1.26. The fourth-order valence-electron chi connectivity index (χ4n) is 1.97. The summed E-state index contributed by atoms with van der Waals surface area (Å²) in [5.41, 5.74) is 0.770. The van der Waals surface area contributed by atoms with Crippen LogP contribution in [0.4, 0.5) is 13.2 Å². The molecule has 2 aromatic heterocycles. The second kappa shape index (κ2) is 6.27. The van der Waals surface area contributed by atoms with Crippen LogP contribution in [0.1, 0.15) is 23.9 Å². The molecule has 0 amide bonds. The zero-order valence-electron chi connectivity index (χ0n) is 12.7. The van der Waals surface area contributed by atoms with Crippen molar-refractivity contribution >= 4 is 11.8 Å². The van der Waals surface area contributed by atoms with Gasteiger partial charge in [-0.3, -0.25) is 0 Å². The minimum atomic E-state index is -4.55. The summed E-state index contributed by atoms with van der Waals surface area (Å²) in [6, 6.07) is 9.21. The van der Waals surface area contributed by atoms with Crippen LogP contribution in [-0.2, 0) is 13.2 Å². The van der Waals surface area contributed by atoms with Crippen molar-refractivity contribution in [2.75, 3.05) is 0 Å². The molecule has 2 heterocycles. The molecular formula is C14H12F3N5OS. The third kappa shape index (κ3) is 3.28. The van der Waals surface area contributed by atoms with Crippen molar-refractivity contribution in [2.24, 2.45) is 7.05 Å². The van der Waals surface area contributed by atoms with Gasteiger partial charge in [0.2, 0.25) is 17.6 Å². The summed E-state index contributed by atoms with van der Waals surface area (Å²) < 4.78 is 44.7. The molecule has 0 spiro atoms. The molecule has 0 fully saturated rings. The minimum Gasteiger partial charge on any atom is -0.419 e. The van der Waals surface area contributed by atoms with Crippen LogP contribution in [0.15, 0.2) is 39.9 Å². The SMILES string of the molecule is C[C@@H](Sc1nnc(C(F)(F)F)n1C)c1nnc(-c2ccccc2)o1. The Kier molecular flexibility index (Phi) is 4.31. The quantitative estimate of drug-likeness (QED) is 0.664. The van der Waals surface area contributed by atoms with E-state index in [2.05, 4.69) is 20.4 Å². The van der Waals surface area contributed by atoms with Gasteiger partial charge in [-0.1, -0.05) is 30.0 Å². The van der Waals surface area contributed by atoms with E-state index in [0.29, 0.717) is 11.8 Å². The number of alkyl halides is 3. The van der Waals surface area contributed by atoms with Gasteiger partial charge in [0.1, 0.15) is 0 Å². The molecule has 0 saturated carbocycles. The van der Waals surface area contributed by atoms with Gasteiger partial charge in [0, 0.05) is 12.6 Å². The average Bonchev–Trinajstić information content (AvgIpc) is 3.15. The van der Waals surface area contributed by atoms with Gasteiger partial charge in [-0.15, -0.1) is 20.4 Å². The summed E-state index contributed by atoms with van der Waals surface area (Å²) in [4.78, 5) is 0. The Balaban J connectivity index is 1.78. The Morgan fingerprint density at radius 1 is 1.08 bits per heavy atom. The maximum atomic E-state index is 12.7. The fraction of sp³-hybridized carbons (Fsp3) is 0.286. The van der Waals surface area contributed by atoms with Gasteiger partial charge >= 0.3 is 6.18 Å². The van der Waals surface area contributed by atoms with Crippen LogP contribution in [0.2, 0.25) is 0 Å². The second-order valence-electron chi connectivity index (χ2n) is 4.93. The van der Waals surface area contributed by atoms with E-state index in [1.807, 2.05) is 30.3 Å². The topological polar surface area (TPSA) is 69.6 Å². The average molecular weight is 355 g/mol. The Morgan fingerprint density at radius 2 is 1.79 bits per heavy atom. The van der Waals surface area contributed by atoms with Gasteiger partial charge in [-0.2, -0.15) is 13.2 Å². The van der Waals surface area contributed by atoms with Crippen molar-refractivity contribution in [3.05, 3.63) is 42.0 Å². The van der Waals surface area contributed by atoms with E-state index < -0.39 is 12.0 Å². The molecule has 10 heteroatoms.